The summed E-state index contributed by atoms with van der Waals surface area (Å²) >= 11 is 3.48. The first-order valence-corrected chi connectivity index (χ1v) is 9.47. The lowest BCUT2D eigenvalue weighted by atomic mass is 10.2. The van der Waals surface area contributed by atoms with Gasteiger partial charge in [-0.1, -0.05) is 11.2 Å². The molecule has 3 rings (SSSR count). The summed E-state index contributed by atoms with van der Waals surface area (Å²) in [4.78, 5) is 12.5. The number of rotatable bonds is 7. The normalized spacial score (nSPS) is 10.9. The molecule has 0 saturated heterocycles. The standard InChI is InChI=1S/C19H20BrFN4O3/c1-11-17(20)12(2)25(23-11)8-7-22-19(26)18-16(13(3)28-24-18)10-27-15-6-4-5-14(21)9-15/h4-6,9H,7-8,10H2,1-3H3,(H,22,26). The lowest BCUT2D eigenvalue weighted by Crippen LogP contribution is -2.29. The second-order valence-corrected chi connectivity index (χ2v) is 7.07. The second kappa shape index (κ2) is 8.55. The van der Waals surface area contributed by atoms with Gasteiger partial charge in [-0.3, -0.25) is 9.48 Å². The first-order valence-electron chi connectivity index (χ1n) is 8.68. The molecule has 0 saturated carbocycles. The van der Waals surface area contributed by atoms with Crippen molar-refractivity contribution in [3.63, 3.8) is 0 Å². The zero-order valence-electron chi connectivity index (χ0n) is 15.8. The molecule has 0 aliphatic carbocycles. The number of nitrogens with one attached hydrogen (secondary N) is 1. The number of amides is 1. The Morgan fingerprint density at radius 2 is 2.14 bits per heavy atom. The number of nitrogens with zero attached hydrogens (tertiary/aromatic N) is 3. The molecular weight excluding hydrogens is 431 g/mol. The van der Waals surface area contributed by atoms with Crippen LogP contribution in [0.25, 0.3) is 0 Å². The van der Waals surface area contributed by atoms with Gasteiger partial charge in [-0.2, -0.15) is 5.10 Å². The van der Waals surface area contributed by atoms with Crippen LogP contribution in [0.5, 0.6) is 5.75 Å². The van der Waals surface area contributed by atoms with Crippen molar-refractivity contribution in [1.82, 2.24) is 20.3 Å². The summed E-state index contributed by atoms with van der Waals surface area (Å²) in [5, 5.41) is 11.1. The smallest absolute Gasteiger partial charge is 0.273 e. The summed E-state index contributed by atoms with van der Waals surface area (Å²) < 4.78 is 26.8. The molecule has 28 heavy (non-hydrogen) atoms. The second-order valence-electron chi connectivity index (χ2n) is 6.28. The third-order valence-corrected chi connectivity index (χ3v) is 5.43. The van der Waals surface area contributed by atoms with E-state index in [4.69, 9.17) is 9.26 Å². The maximum absolute atomic E-state index is 13.3. The van der Waals surface area contributed by atoms with Crippen molar-refractivity contribution >= 4 is 21.8 Å². The van der Waals surface area contributed by atoms with Crippen LogP contribution < -0.4 is 10.1 Å². The number of aromatic nitrogens is 3. The number of hydrogen-bond donors (Lipinski definition) is 1. The fourth-order valence-electron chi connectivity index (χ4n) is 2.70. The number of ether oxygens (including phenoxy) is 1. The lowest BCUT2D eigenvalue weighted by molar-refractivity contribution is 0.0940. The van der Waals surface area contributed by atoms with Crippen molar-refractivity contribution in [1.29, 1.82) is 0 Å². The van der Waals surface area contributed by atoms with Crippen molar-refractivity contribution in [3.8, 4) is 5.75 Å². The van der Waals surface area contributed by atoms with Crippen molar-refractivity contribution in [3.05, 3.63) is 63.0 Å². The van der Waals surface area contributed by atoms with Crippen LogP contribution in [0.2, 0.25) is 0 Å². The fraction of sp³-hybridized carbons (Fsp3) is 0.316. The van der Waals surface area contributed by atoms with Crippen LogP contribution in [0, 0.1) is 26.6 Å². The number of hydrogen-bond acceptors (Lipinski definition) is 5. The van der Waals surface area contributed by atoms with Gasteiger partial charge in [0.2, 0.25) is 0 Å². The largest absolute Gasteiger partial charge is 0.489 e. The van der Waals surface area contributed by atoms with Gasteiger partial charge in [0.25, 0.3) is 5.91 Å². The average Bonchev–Trinajstić information content (AvgIpc) is 3.15. The van der Waals surface area contributed by atoms with E-state index in [-0.39, 0.29) is 18.2 Å². The Kier molecular flexibility index (Phi) is 6.13. The van der Waals surface area contributed by atoms with Crippen LogP contribution in [-0.4, -0.2) is 27.4 Å². The average molecular weight is 451 g/mol. The molecule has 0 atom stereocenters. The molecule has 0 fully saturated rings. The molecule has 0 aliphatic heterocycles. The van der Waals surface area contributed by atoms with Gasteiger partial charge in [0.05, 0.1) is 22.3 Å². The molecule has 0 spiro atoms. The highest BCUT2D eigenvalue weighted by atomic mass is 79.9. The Balaban J connectivity index is 1.61. The van der Waals surface area contributed by atoms with E-state index in [1.807, 2.05) is 18.5 Å². The van der Waals surface area contributed by atoms with E-state index in [9.17, 15) is 9.18 Å². The Hall–Kier alpha value is -2.68. The number of benzene rings is 1. The third kappa shape index (κ3) is 4.41. The van der Waals surface area contributed by atoms with Crippen LogP contribution in [0.15, 0.2) is 33.3 Å². The van der Waals surface area contributed by atoms with Crippen LogP contribution in [0.1, 0.15) is 33.2 Å². The predicted octanol–water partition coefficient (Wildman–Crippen LogP) is 3.71. The van der Waals surface area contributed by atoms with Gasteiger partial charge in [0.15, 0.2) is 5.69 Å². The van der Waals surface area contributed by atoms with E-state index >= 15 is 0 Å². The maximum atomic E-state index is 13.3. The Bertz CT molecular complexity index is 999. The number of carbonyl (C=O) groups excluding carboxylic acids is 1. The first-order chi connectivity index (χ1) is 13.4. The number of aryl methyl sites for hydroxylation is 2. The molecule has 7 nitrogen and oxygen atoms in total. The zero-order chi connectivity index (χ0) is 20.3. The Labute approximate surface area is 170 Å². The molecular formula is C19H20BrFN4O3. The van der Waals surface area contributed by atoms with Gasteiger partial charge in [-0.25, -0.2) is 4.39 Å². The van der Waals surface area contributed by atoms with E-state index in [2.05, 4.69) is 31.5 Å². The molecule has 3 aromatic rings. The minimum atomic E-state index is -0.395. The molecule has 1 N–H and O–H groups in total. The van der Waals surface area contributed by atoms with Gasteiger partial charge < -0.3 is 14.6 Å². The molecule has 1 aromatic carbocycles. The summed E-state index contributed by atoms with van der Waals surface area (Å²) in [6.45, 7) is 6.51. The van der Waals surface area contributed by atoms with Gasteiger partial charge in [-0.15, -0.1) is 0 Å². The minimum absolute atomic E-state index is 0.0476. The quantitative estimate of drug-likeness (QED) is 0.593. The molecule has 0 unspecified atom stereocenters. The van der Waals surface area contributed by atoms with E-state index in [1.165, 1.54) is 12.1 Å². The molecule has 2 aromatic heterocycles. The van der Waals surface area contributed by atoms with E-state index in [0.29, 0.717) is 30.2 Å². The highest BCUT2D eigenvalue weighted by Gasteiger charge is 2.20. The van der Waals surface area contributed by atoms with Crippen LogP contribution in [-0.2, 0) is 13.2 Å². The summed E-state index contributed by atoms with van der Waals surface area (Å²) in [6, 6.07) is 5.79. The molecule has 9 heteroatoms. The Morgan fingerprint density at radius 3 is 2.82 bits per heavy atom. The molecule has 0 bridgehead atoms. The molecule has 2 heterocycles. The molecule has 0 aliphatic rings. The van der Waals surface area contributed by atoms with Gasteiger partial charge in [0.1, 0.15) is 23.9 Å². The van der Waals surface area contributed by atoms with E-state index in [0.717, 1.165) is 15.9 Å². The topological polar surface area (TPSA) is 82.2 Å². The van der Waals surface area contributed by atoms with E-state index < -0.39 is 5.82 Å². The predicted molar refractivity (Wildman–Crippen MR) is 104 cm³/mol. The van der Waals surface area contributed by atoms with Gasteiger partial charge in [-0.05, 0) is 48.8 Å². The van der Waals surface area contributed by atoms with Crippen molar-refractivity contribution in [2.45, 2.75) is 33.9 Å². The van der Waals surface area contributed by atoms with Gasteiger partial charge >= 0.3 is 0 Å². The monoisotopic (exact) mass is 450 g/mol. The number of halogens is 2. The minimum Gasteiger partial charge on any atom is -0.489 e. The van der Waals surface area contributed by atoms with E-state index in [1.54, 1.807) is 19.1 Å². The number of carbonyl (C=O) groups is 1. The maximum Gasteiger partial charge on any atom is 0.273 e. The first kappa shape index (κ1) is 20.1. The van der Waals surface area contributed by atoms with Crippen LogP contribution >= 0.6 is 15.9 Å². The summed E-state index contributed by atoms with van der Waals surface area (Å²) in [6.07, 6.45) is 0. The zero-order valence-corrected chi connectivity index (χ0v) is 17.3. The van der Waals surface area contributed by atoms with Crippen molar-refractivity contribution in [2.75, 3.05) is 6.54 Å². The Morgan fingerprint density at radius 1 is 1.36 bits per heavy atom. The molecule has 148 valence electrons. The highest BCUT2D eigenvalue weighted by Crippen LogP contribution is 2.20. The molecule has 0 radical (unpaired) electrons. The fourth-order valence-corrected chi connectivity index (χ4v) is 2.99. The van der Waals surface area contributed by atoms with Crippen molar-refractivity contribution < 1.29 is 18.4 Å². The highest BCUT2D eigenvalue weighted by molar-refractivity contribution is 9.10. The summed E-state index contributed by atoms with van der Waals surface area (Å²) in [5.74, 6) is 0.0784. The van der Waals surface area contributed by atoms with Crippen LogP contribution in [0.4, 0.5) is 4.39 Å². The molecule has 1 amide bonds. The van der Waals surface area contributed by atoms with Crippen LogP contribution in [0.3, 0.4) is 0 Å². The van der Waals surface area contributed by atoms with Gasteiger partial charge in [0, 0.05) is 18.3 Å². The summed E-state index contributed by atoms with van der Waals surface area (Å²) in [7, 11) is 0. The summed E-state index contributed by atoms with van der Waals surface area (Å²) in [5.41, 5.74) is 2.57. The van der Waals surface area contributed by atoms with Crippen molar-refractivity contribution in [2.24, 2.45) is 0 Å². The lowest BCUT2D eigenvalue weighted by Gasteiger charge is -2.08. The SMILES string of the molecule is Cc1nn(CCNC(=O)c2noc(C)c2COc2cccc(F)c2)c(C)c1Br. The third-order valence-electron chi connectivity index (χ3n) is 4.28.